The fraction of sp³-hybridized carbons (Fsp3) is 0.320. The first-order valence-electron chi connectivity index (χ1n) is 11.1. The molecule has 0 aromatic heterocycles. The fourth-order valence-corrected chi connectivity index (χ4v) is 4.50. The predicted octanol–water partition coefficient (Wildman–Crippen LogP) is 3.23. The molecule has 0 spiro atoms. The molecule has 1 heterocycles. The number of imide groups is 2. The first-order chi connectivity index (χ1) is 15.9. The summed E-state index contributed by atoms with van der Waals surface area (Å²) in [6.07, 6.45) is 3.44. The Kier molecular flexibility index (Phi) is 6.35. The number of urea groups is 1. The molecule has 0 bridgehead atoms. The lowest BCUT2D eigenvalue weighted by Gasteiger charge is -2.34. The summed E-state index contributed by atoms with van der Waals surface area (Å²) in [5, 5.41) is 2.61. The van der Waals surface area contributed by atoms with E-state index in [1.165, 1.54) is 0 Å². The normalized spacial score (nSPS) is 20.8. The van der Waals surface area contributed by atoms with Gasteiger partial charge in [0, 0.05) is 17.2 Å². The van der Waals surface area contributed by atoms with Crippen LogP contribution >= 0.6 is 0 Å². The second-order valence-corrected chi connectivity index (χ2v) is 8.47. The van der Waals surface area contributed by atoms with Crippen molar-refractivity contribution < 1.29 is 24.0 Å². The molecule has 8 heteroatoms. The molecule has 0 radical (unpaired) electrons. The highest BCUT2D eigenvalue weighted by Gasteiger charge is 2.49. The van der Waals surface area contributed by atoms with Gasteiger partial charge in [0.05, 0.1) is 5.69 Å². The van der Waals surface area contributed by atoms with E-state index in [0.717, 1.165) is 24.2 Å². The van der Waals surface area contributed by atoms with Crippen molar-refractivity contribution in [3.05, 3.63) is 65.7 Å². The molecule has 2 aromatic carbocycles. The third kappa shape index (κ3) is 4.41. The summed E-state index contributed by atoms with van der Waals surface area (Å²) in [6, 6.07) is 14.1. The Morgan fingerprint density at radius 1 is 0.909 bits per heavy atom. The first-order valence-corrected chi connectivity index (χ1v) is 11.1. The van der Waals surface area contributed by atoms with Crippen molar-refractivity contribution in [1.29, 1.82) is 0 Å². The van der Waals surface area contributed by atoms with E-state index in [-0.39, 0.29) is 29.0 Å². The van der Waals surface area contributed by atoms with Crippen molar-refractivity contribution in [2.45, 2.75) is 38.6 Å². The van der Waals surface area contributed by atoms with Gasteiger partial charge in [-0.1, -0.05) is 62.2 Å². The van der Waals surface area contributed by atoms with E-state index in [1.807, 2.05) is 6.92 Å². The molecule has 2 atom stereocenters. The quantitative estimate of drug-likeness (QED) is 0.416. The highest BCUT2D eigenvalue weighted by Crippen LogP contribution is 2.31. The van der Waals surface area contributed by atoms with Crippen molar-refractivity contribution in [3.63, 3.8) is 0 Å². The molecule has 2 fully saturated rings. The molecule has 33 heavy (non-hydrogen) atoms. The Morgan fingerprint density at radius 2 is 1.58 bits per heavy atom. The second-order valence-electron chi connectivity index (χ2n) is 8.47. The lowest BCUT2D eigenvalue weighted by Crippen LogP contribution is -2.46. The summed E-state index contributed by atoms with van der Waals surface area (Å²) in [7, 11) is 0. The average molecular weight is 447 g/mol. The van der Waals surface area contributed by atoms with E-state index in [1.54, 1.807) is 54.6 Å². The summed E-state index contributed by atoms with van der Waals surface area (Å²) in [4.78, 5) is 65.2. The largest absolute Gasteiger partial charge is 0.334 e. The number of benzene rings is 2. The van der Waals surface area contributed by atoms with Gasteiger partial charge in [-0.3, -0.25) is 24.1 Å². The minimum Gasteiger partial charge on any atom is -0.324 e. The molecule has 1 saturated carbocycles. The standard InChI is InChI=1S/C25H25N3O5/c1-16-9-5-8-14-20(16)28-24(32)23(31)27(25(28)33)15-21(29)26-19-13-7-6-12-18(19)22(30)17-10-3-2-4-11-17/h2-4,6-7,10-13,16,20H,5,8-9,14-15H2,1H3,(H,26,29)/t16-,20+/m0/s1. The number of carbonyl (C=O) groups is 5. The average Bonchev–Trinajstić information content (AvgIpc) is 3.03. The first kappa shape index (κ1) is 22.4. The van der Waals surface area contributed by atoms with Gasteiger partial charge in [-0.05, 0) is 30.9 Å². The zero-order valence-corrected chi connectivity index (χ0v) is 18.3. The number of anilines is 1. The van der Waals surface area contributed by atoms with Crippen LogP contribution in [0.4, 0.5) is 10.5 Å². The SMILES string of the molecule is C[C@H]1CCCC[C@H]1N1C(=O)C(=O)N(CC(=O)Nc2ccccc2C(=O)c2ccccc2)C1=O. The number of ketones is 1. The number of amides is 5. The monoisotopic (exact) mass is 447 g/mol. The van der Waals surface area contributed by atoms with Crippen LogP contribution in [0.15, 0.2) is 54.6 Å². The Morgan fingerprint density at radius 3 is 2.30 bits per heavy atom. The Labute approximate surface area is 191 Å². The molecule has 5 amide bonds. The topological polar surface area (TPSA) is 104 Å². The molecule has 1 aliphatic carbocycles. The van der Waals surface area contributed by atoms with E-state index in [0.29, 0.717) is 16.9 Å². The molecule has 2 aliphatic rings. The highest BCUT2D eigenvalue weighted by molar-refractivity contribution is 6.45. The maximum Gasteiger partial charge on any atom is 0.334 e. The van der Waals surface area contributed by atoms with Crippen molar-refractivity contribution in [3.8, 4) is 0 Å². The van der Waals surface area contributed by atoms with Crippen molar-refractivity contribution in [2.24, 2.45) is 5.92 Å². The fourth-order valence-electron chi connectivity index (χ4n) is 4.50. The molecule has 0 unspecified atom stereocenters. The lowest BCUT2D eigenvalue weighted by molar-refractivity contribution is -0.145. The Balaban J connectivity index is 1.48. The van der Waals surface area contributed by atoms with Gasteiger partial charge in [-0.25, -0.2) is 9.69 Å². The number of nitrogens with zero attached hydrogens (tertiary/aromatic N) is 2. The van der Waals surface area contributed by atoms with Crippen LogP contribution in [-0.2, 0) is 14.4 Å². The Bertz CT molecular complexity index is 1110. The van der Waals surface area contributed by atoms with E-state index >= 15 is 0 Å². The molecular weight excluding hydrogens is 422 g/mol. The molecule has 8 nitrogen and oxygen atoms in total. The number of hydrogen-bond acceptors (Lipinski definition) is 5. The van der Waals surface area contributed by atoms with Crippen LogP contribution in [0.5, 0.6) is 0 Å². The molecule has 1 N–H and O–H groups in total. The van der Waals surface area contributed by atoms with E-state index < -0.39 is 30.3 Å². The lowest BCUT2D eigenvalue weighted by atomic mass is 9.85. The molecule has 2 aromatic rings. The number of nitrogens with one attached hydrogen (secondary N) is 1. The van der Waals surface area contributed by atoms with Crippen LogP contribution in [0, 0.1) is 5.92 Å². The summed E-state index contributed by atoms with van der Waals surface area (Å²) in [5.41, 5.74) is 1.01. The van der Waals surface area contributed by atoms with Crippen molar-refractivity contribution in [2.75, 3.05) is 11.9 Å². The number of rotatable bonds is 6. The van der Waals surface area contributed by atoms with Crippen LogP contribution in [-0.4, -0.2) is 51.9 Å². The minimum atomic E-state index is -0.999. The van der Waals surface area contributed by atoms with Crippen LogP contribution in [0.3, 0.4) is 0 Å². The molecular formula is C25H25N3O5. The zero-order chi connectivity index (χ0) is 23.5. The predicted molar refractivity (Wildman–Crippen MR) is 120 cm³/mol. The van der Waals surface area contributed by atoms with Crippen LogP contribution < -0.4 is 5.32 Å². The summed E-state index contributed by atoms with van der Waals surface area (Å²) in [5.74, 6) is -2.72. The summed E-state index contributed by atoms with van der Waals surface area (Å²) < 4.78 is 0. The van der Waals surface area contributed by atoms with Crippen LogP contribution in [0.1, 0.15) is 48.5 Å². The maximum absolute atomic E-state index is 12.9. The maximum atomic E-state index is 12.9. The van der Waals surface area contributed by atoms with Crippen molar-refractivity contribution in [1.82, 2.24) is 9.80 Å². The summed E-state index contributed by atoms with van der Waals surface area (Å²) in [6.45, 7) is 1.36. The van der Waals surface area contributed by atoms with E-state index in [4.69, 9.17) is 0 Å². The van der Waals surface area contributed by atoms with Gasteiger partial charge in [0.15, 0.2) is 5.78 Å². The number of hydrogen-bond donors (Lipinski definition) is 1. The van der Waals surface area contributed by atoms with Crippen LogP contribution in [0.25, 0.3) is 0 Å². The van der Waals surface area contributed by atoms with Gasteiger partial charge in [0.25, 0.3) is 0 Å². The Hall–Kier alpha value is -3.81. The second kappa shape index (κ2) is 9.36. The van der Waals surface area contributed by atoms with Gasteiger partial charge >= 0.3 is 17.8 Å². The van der Waals surface area contributed by atoms with E-state index in [9.17, 15) is 24.0 Å². The molecule has 4 rings (SSSR count). The van der Waals surface area contributed by atoms with Gasteiger partial charge in [-0.2, -0.15) is 0 Å². The molecule has 170 valence electrons. The van der Waals surface area contributed by atoms with Gasteiger partial charge in [0.1, 0.15) is 6.54 Å². The third-order valence-electron chi connectivity index (χ3n) is 6.27. The molecule has 1 aliphatic heterocycles. The smallest absolute Gasteiger partial charge is 0.324 e. The van der Waals surface area contributed by atoms with Crippen LogP contribution in [0.2, 0.25) is 0 Å². The number of carbonyl (C=O) groups excluding carboxylic acids is 5. The van der Waals surface area contributed by atoms with Gasteiger partial charge in [0.2, 0.25) is 5.91 Å². The highest BCUT2D eigenvalue weighted by atomic mass is 16.2. The van der Waals surface area contributed by atoms with Gasteiger partial charge in [-0.15, -0.1) is 0 Å². The van der Waals surface area contributed by atoms with Gasteiger partial charge < -0.3 is 5.32 Å². The summed E-state index contributed by atoms with van der Waals surface area (Å²) >= 11 is 0. The molecule has 1 saturated heterocycles. The zero-order valence-electron chi connectivity index (χ0n) is 18.3. The van der Waals surface area contributed by atoms with Crippen molar-refractivity contribution >= 4 is 35.2 Å². The third-order valence-corrected chi connectivity index (χ3v) is 6.27. The van der Waals surface area contributed by atoms with E-state index in [2.05, 4.69) is 5.32 Å². The minimum absolute atomic E-state index is 0.101. The number of para-hydroxylation sites is 1.